The maximum atomic E-state index is 6.22. The van der Waals surface area contributed by atoms with Crippen molar-refractivity contribution in [3.8, 4) is 26.8 Å². The number of hydrogen-bond acceptors (Lipinski definition) is 7. The maximum absolute atomic E-state index is 6.22. The third-order valence-electron chi connectivity index (χ3n) is 3.09. The SMILES string of the molecule is COc1c(Cl)cccc1-c1sc(N)nc1-c1sc(N)nc1C. The number of nitrogen functional groups attached to an aromatic ring is 2. The molecule has 2 heterocycles. The lowest BCUT2D eigenvalue weighted by Crippen LogP contribution is -1.89. The summed E-state index contributed by atoms with van der Waals surface area (Å²) in [5.74, 6) is 0.601. The van der Waals surface area contributed by atoms with E-state index in [2.05, 4.69) is 9.97 Å². The zero-order valence-corrected chi connectivity index (χ0v) is 14.3. The Kier molecular flexibility index (Phi) is 3.94. The van der Waals surface area contributed by atoms with Gasteiger partial charge in [0, 0.05) is 5.56 Å². The zero-order valence-electron chi connectivity index (χ0n) is 11.9. The molecule has 0 saturated heterocycles. The molecule has 4 N–H and O–H groups in total. The highest BCUT2D eigenvalue weighted by Crippen LogP contribution is 2.46. The number of ether oxygens (including phenoxy) is 1. The normalized spacial score (nSPS) is 10.9. The van der Waals surface area contributed by atoms with Crippen LogP contribution in [0, 0.1) is 6.92 Å². The fourth-order valence-electron chi connectivity index (χ4n) is 2.21. The molecule has 0 radical (unpaired) electrons. The summed E-state index contributed by atoms with van der Waals surface area (Å²) in [6, 6.07) is 5.58. The summed E-state index contributed by atoms with van der Waals surface area (Å²) in [7, 11) is 1.59. The molecule has 5 nitrogen and oxygen atoms in total. The molecular formula is C14H13ClN4OS2. The highest BCUT2D eigenvalue weighted by atomic mass is 35.5. The summed E-state index contributed by atoms with van der Waals surface area (Å²) in [6.07, 6.45) is 0. The number of benzene rings is 1. The van der Waals surface area contributed by atoms with Crippen LogP contribution >= 0.6 is 34.3 Å². The van der Waals surface area contributed by atoms with E-state index in [9.17, 15) is 0 Å². The number of nitrogens with two attached hydrogens (primary N) is 2. The first-order chi connectivity index (χ1) is 10.5. The van der Waals surface area contributed by atoms with Crippen LogP contribution in [0.25, 0.3) is 21.0 Å². The summed E-state index contributed by atoms with van der Waals surface area (Å²) in [4.78, 5) is 10.5. The van der Waals surface area contributed by atoms with Crippen molar-refractivity contribution in [1.29, 1.82) is 0 Å². The van der Waals surface area contributed by atoms with Gasteiger partial charge in [-0.05, 0) is 19.1 Å². The van der Waals surface area contributed by atoms with Crippen LogP contribution in [0.5, 0.6) is 5.75 Å². The van der Waals surface area contributed by atoms with Gasteiger partial charge < -0.3 is 16.2 Å². The molecule has 0 aliphatic heterocycles. The van der Waals surface area contributed by atoms with Crippen molar-refractivity contribution in [2.24, 2.45) is 0 Å². The van der Waals surface area contributed by atoms with Gasteiger partial charge in [0.15, 0.2) is 10.3 Å². The van der Waals surface area contributed by atoms with Crippen LogP contribution in [0.15, 0.2) is 18.2 Å². The van der Waals surface area contributed by atoms with E-state index in [1.54, 1.807) is 13.2 Å². The third-order valence-corrected chi connectivity index (χ3v) is 5.30. The average Bonchev–Trinajstić information content (AvgIpc) is 3.00. The molecule has 2 aromatic heterocycles. The second kappa shape index (κ2) is 5.75. The standard InChI is InChI=1S/C14H13ClN4OS2/c1-6-11(21-13(16)18-6)9-12(22-14(17)19-9)7-4-3-5-8(15)10(7)20-2/h3-5H,1-2H3,(H2,16,18)(H2,17,19). The second-order valence-corrected chi connectivity index (χ2v) is 6.99. The van der Waals surface area contributed by atoms with Crippen LogP contribution in [0.3, 0.4) is 0 Å². The van der Waals surface area contributed by atoms with Crippen LogP contribution in [-0.4, -0.2) is 17.1 Å². The molecular weight excluding hydrogens is 340 g/mol. The van der Waals surface area contributed by atoms with E-state index in [1.165, 1.54) is 22.7 Å². The molecule has 0 unspecified atom stereocenters. The van der Waals surface area contributed by atoms with Gasteiger partial charge in [-0.15, -0.1) is 0 Å². The van der Waals surface area contributed by atoms with E-state index in [0.29, 0.717) is 21.0 Å². The first-order valence-corrected chi connectivity index (χ1v) is 8.34. The predicted octanol–water partition coefficient (Wildman–Crippen LogP) is 4.07. The van der Waals surface area contributed by atoms with Crippen molar-refractivity contribution >= 4 is 44.5 Å². The lowest BCUT2D eigenvalue weighted by Gasteiger charge is -2.09. The first-order valence-electron chi connectivity index (χ1n) is 6.33. The average molecular weight is 353 g/mol. The zero-order chi connectivity index (χ0) is 15.9. The van der Waals surface area contributed by atoms with E-state index in [0.717, 1.165) is 26.7 Å². The fraction of sp³-hybridized carbons (Fsp3) is 0.143. The minimum atomic E-state index is 0.471. The number of hydrogen-bond donors (Lipinski definition) is 2. The number of aryl methyl sites for hydroxylation is 1. The monoisotopic (exact) mass is 352 g/mol. The molecule has 0 saturated carbocycles. The lowest BCUT2D eigenvalue weighted by atomic mass is 10.1. The van der Waals surface area contributed by atoms with Gasteiger partial charge >= 0.3 is 0 Å². The second-order valence-electron chi connectivity index (χ2n) is 4.52. The topological polar surface area (TPSA) is 87.0 Å². The number of nitrogens with zero attached hydrogens (tertiary/aromatic N) is 2. The van der Waals surface area contributed by atoms with Crippen LogP contribution in [0.2, 0.25) is 5.02 Å². The van der Waals surface area contributed by atoms with Gasteiger partial charge in [0.25, 0.3) is 0 Å². The lowest BCUT2D eigenvalue weighted by molar-refractivity contribution is 0.417. The number of thiazole rings is 2. The molecule has 1 aromatic carbocycles. The molecule has 3 rings (SSSR count). The summed E-state index contributed by atoms with van der Waals surface area (Å²) in [5, 5.41) is 1.51. The van der Waals surface area contributed by atoms with Crippen molar-refractivity contribution in [2.75, 3.05) is 18.6 Å². The Morgan fingerprint density at radius 2 is 1.77 bits per heavy atom. The molecule has 0 atom stereocenters. The Balaban J connectivity index is 2.26. The summed E-state index contributed by atoms with van der Waals surface area (Å²) in [5.41, 5.74) is 14.2. The smallest absolute Gasteiger partial charge is 0.181 e. The highest BCUT2D eigenvalue weighted by molar-refractivity contribution is 7.21. The van der Waals surface area contributed by atoms with Gasteiger partial charge in [-0.1, -0.05) is 40.3 Å². The van der Waals surface area contributed by atoms with Gasteiger partial charge in [0.1, 0.15) is 11.4 Å². The Bertz CT molecular complexity index is 843. The molecule has 3 aromatic rings. The van der Waals surface area contributed by atoms with E-state index in [4.69, 9.17) is 27.8 Å². The van der Waals surface area contributed by atoms with Crippen LogP contribution < -0.4 is 16.2 Å². The minimum Gasteiger partial charge on any atom is -0.495 e. The minimum absolute atomic E-state index is 0.471. The van der Waals surface area contributed by atoms with Gasteiger partial charge in [-0.3, -0.25) is 0 Å². The van der Waals surface area contributed by atoms with Crippen molar-refractivity contribution < 1.29 is 4.74 Å². The number of anilines is 2. The number of halogens is 1. The summed E-state index contributed by atoms with van der Waals surface area (Å²) >= 11 is 8.99. The first kappa shape index (κ1) is 15.1. The molecule has 0 spiro atoms. The predicted molar refractivity (Wildman–Crippen MR) is 93.8 cm³/mol. The molecule has 0 aliphatic rings. The van der Waals surface area contributed by atoms with E-state index in [1.807, 2.05) is 19.1 Å². The van der Waals surface area contributed by atoms with Gasteiger partial charge in [0.2, 0.25) is 0 Å². The van der Waals surface area contributed by atoms with Crippen molar-refractivity contribution in [3.05, 3.63) is 28.9 Å². The Hall–Kier alpha value is -1.83. The van der Waals surface area contributed by atoms with E-state index in [-0.39, 0.29) is 0 Å². The molecule has 114 valence electrons. The van der Waals surface area contributed by atoms with Gasteiger partial charge in [-0.2, -0.15) is 0 Å². The highest BCUT2D eigenvalue weighted by Gasteiger charge is 2.21. The number of aromatic nitrogens is 2. The quantitative estimate of drug-likeness (QED) is 0.741. The van der Waals surface area contributed by atoms with Crippen molar-refractivity contribution in [1.82, 2.24) is 9.97 Å². The van der Waals surface area contributed by atoms with Crippen LogP contribution in [0.4, 0.5) is 10.3 Å². The molecule has 8 heteroatoms. The number of rotatable bonds is 3. The van der Waals surface area contributed by atoms with Gasteiger partial charge in [-0.25, -0.2) is 9.97 Å². The maximum Gasteiger partial charge on any atom is 0.181 e. The number of para-hydroxylation sites is 1. The summed E-state index contributed by atoms with van der Waals surface area (Å²) in [6.45, 7) is 1.90. The van der Waals surface area contributed by atoms with Crippen molar-refractivity contribution in [3.63, 3.8) is 0 Å². The largest absolute Gasteiger partial charge is 0.495 e. The van der Waals surface area contributed by atoms with Crippen LogP contribution in [-0.2, 0) is 0 Å². The Morgan fingerprint density at radius 1 is 1.09 bits per heavy atom. The van der Waals surface area contributed by atoms with Crippen LogP contribution in [0.1, 0.15) is 5.69 Å². The number of methoxy groups -OCH3 is 1. The Labute approximate surface area is 140 Å². The third kappa shape index (κ3) is 2.51. The molecule has 0 aliphatic carbocycles. The summed E-state index contributed by atoms with van der Waals surface area (Å²) < 4.78 is 5.44. The van der Waals surface area contributed by atoms with Gasteiger partial charge in [0.05, 0.1) is 27.6 Å². The molecule has 22 heavy (non-hydrogen) atoms. The molecule has 0 bridgehead atoms. The Morgan fingerprint density at radius 3 is 2.41 bits per heavy atom. The fourth-order valence-corrected chi connectivity index (χ4v) is 4.21. The van der Waals surface area contributed by atoms with E-state index >= 15 is 0 Å². The molecule has 0 amide bonds. The molecule has 0 fully saturated rings. The van der Waals surface area contributed by atoms with E-state index < -0.39 is 0 Å². The van der Waals surface area contributed by atoms with Crippen molar-refractivity contribution in [2.45, 2.75) is 6.92 Å².